The number of anilines is 2. The average molecular weight is 293 g/mol. The second-order valence-electron chi connectivity index (χ2n) is 4.32. The Hall–Kier alpha value is -2.57. The highest BCUT2D eigenvalue weighted by Gasteiger charge is 2.12. The van der Waals surface area contributed by atoms with Crippen LogP contribution in [0, 0.1) is 0 Å². The molecule has 0 aromatic heterocycles. The SMILES string of the molecule is COC(=O)NCCN(C(C)=O)c1cccc(NC(C)=O)c1. The van der Waals surface area contributed by atoms with Gasteiger partial charge in [-0.2, -0.15) is 0 Å². The molecule has 0 aliphatic heterocycles. The maximum atomic E-state index is 11.7. The van der Waals surface area contributed by atoms with Crippen molar-refractivity contribution in [2.45, 2.75) is 13.8 Å². The van der Waals surface area contributed by atoms with Crippen molar-refractivity contribution >= 4 is 29.3 Å². The van der Waals surface area contributed by atoms with E-state index in [-0.39, 0.29) is 18.4 Å². The third kappa shape index (κ3) is 5.52. The lowest BCUT2D eigenvalue weighted by molar-refractivity contribution is -0.116. The first kappa shape index (κ1) is 16.5. The Morgan fingerprint density at radius 2 is 1.95 bits per heavy atom. The third-order valence-corrected chi connectivity index (χ3v) is 2.65. The zero-order valence-corrected chi connectivity index (χ0v) is 12.3. The fourth-order valence-corrected chi connectivity index (χ4v) is 1.77. The number of benzene rings is 1. The fourth-order valence-electron chi connectivity index (χ4n) is 1.77. The number of rotatable bonds is 5. The number of alkyl carbamates (subject to hydrolysis) is 1. The molecule has 0 spiro atoms. The van der Waals surface area contributed by atoms with Gasteiger partial charge in [0.15, 0.2) is 0 Å². The summed E-state index contributed by atoms with van der Waals surface area (Å²) in [6.45, 7) is 3.41. The molecule has 114 valence electrons. The van der Waals surface area contributed by atoms with E-state index in [2.05, 4.69) is 15.4 Å². The van der Waals surface area contributed by atoms with Gasteiger partial charge in [0.05, 0.1) is 7.11 Å². The highest BCUT2D eigenvalue weighted by atomic mass is 16.5. The standard InChI is InChI=1S/C14H19N3O4/c1-10(18)16-12-5-4-6-13(9-12)17(11(2)19)8-7-15-14(20)21-3/h4-6,9H,7-8H2,1-3H3,(H,15,20)(H,16,18). The molecule has 0 saturated heterocycles. The van der Waals surface area contributed by atoms with Gasteiger partial charge in [-0.25, -0.2) is 4.79 Å². The smallest absolute Gasteiger partial charge is 0.406 e. The number of carbonyl (C=O) groups is 3. The minimum atomic E-state index is -0.550. The largest absolute Gasteiger partial charge is 0.453 e. The van der Waals surface area contributed by atoms with Gasteiger partial charge in [0.25, 0.3) is 0 Å². The Labute approximate surface area is 123 Å². The minimum Gasteiger partial charge on any atom is -0.453 e. The molecule has 7 heteroatoms. The van der Waals surface area contributed by atoms with Crippen molar-refractivity contribution in [3.8, 4) is 0 Å². The van der Waals surface area contributed by atoms with Crippen LogP contribution in [0.4, 0.5) is 16.2 Å². The lowest BCUT2D eigenvalue weighted by Crippen LogP contribution is -2.37. The van der Waals surface area contributed by atoms with Gasteiger partial charge in [-0.1, -0.05) is 6.07 Å². The van der Waals surface area contributed by atoms with E-state index in [0.29, 0.717) is 17.9 Å². The Morgan fingerprint density at radius 1 is 1.24 bits per heavy atom. The quantitative estimate of drug-likeness (QED) is 0.858. The zero-order valence-electron chi connectivity index (χ0n) is 12.3. The summed E-state index contributed by atoms with van der Waals surface area (Å²) in [7, 11) is 1.27. The average Bonchev–Trinajstić information content (AvgIpc) is 2.42. The van der Waals surface area contributed by atoms with Crippen LogP contribution >= 0.6 is 0 Å². The Bertz CT molecular complexity index is 531. The number of hydrogen-bond acceptors (Lipinski definition) is 4. The van der Waals surface area contributed by atoms with Gasteiger partial charge >= 0.3 is 6.09 Å². The highest BCUT2D eigenvalue weighted by Crippen LogP contribution is 2.19. The van der Waals surface area contributed by atoms with Crippen LogP contribution in [0.3, 0.4) is 0 Å². The lowest BCUT2D eigenvalue weighted by atomic mass is 10.2. The molecule has 2 N–H and O–H groups in total. The number of hydrogen-bond donors (Lipinski definition) is 2. The predicted molar refractivity (Wildman–Crippen MR) is 79.2 cm³/mol. The molecule has 0 saturated carbocycles. The van der Waals surface area contributed by atoms with Crippen LogP contribution < -0.4 is 15.5 Å². The van der Waals surface area contributed by atoms with Crippen molar-refractivity contribution in [2.75, 3.05) is 30.4 Å². The number of methoxy groups -OCH3 is 1. The van der Waals surface area contributed by atoms with E-state index in [1.807, 2.05) is 0 Å². The van der Waals surface area contributed by atoms with Gasteiger partial charge in [-0.15, -0.1) is 0 Å². The summed E-state index contributed by atoms with van der Waals surface area (Å²) in [6, 6.07) is 6.92. The second-order valence-corrected chi connectivity index (χ2v) is 4.32. The molecule has 0 radical (unpaired) electrons. The summed E-state index contributed by atoms with van der Waals surface area (Å²) in [5.41, 5.74) is 1.24. The topological polar surface area (TPSA) is 87.7 Å². The number of ether oxygens (including phenoxy) is 1. The first-order valence-electron chi connectivity index (χ1n) is 6.41. The Kier molecular flexibility index (Phi) is 6.19. The summed E-state index contributed by atoms with van der Waals surface area (Å²) < 4.78 is 4.46. The van der Waals surface area contributed by atoms with E-state index in [1.165, 1.54) is 25.9 Å². The minimum absolute atomic E-state index is 0.165. The van der Waals surface area contributed by atoms with Crippen molar-refractivity contribution in [3.05, 3.63) is 24.3 Å². The highest BCUT2D eigenvalue weighted by molar-refractivity contribution is 5.94. The van der Waals surface area contributed by atoms with Crippen LogP contribution in [0.1, 0.15) is 13.8 Å². The second kappa shape index (κ2) is 7.88. The molecule has 0 bridgehead atoms. The number of carbonyl (C=O) groups excluding carboxylic acids is 3. The third-order valence-electron chi connectivity index (χ3n) is 2.65. The van der Waals surface area contributed by atoms with E-state index in [1.54, 1.807) is 24.3 Å². The Balaban J connectivity index is 2.78. The molecule has 0 atom stereocenters. The number of nitrogens with one attached hydrogen (secondary N) is 2. The first-order valence-corrected chi connectivity index (χ1v) is 6.41. The van der Waals surface area contributed by atoms with Crippen molar-refractivity contribution in [1.29, 1.82) is 0 Å². The van der Waals surface area contributed by atoms with E-state index >= 15 is 0 Å². The molecule has 0 unspecified atom stereocenters. The van der Waals surface area contributed by atoms with Gasteiger partial charge in [0.2, 0.25) is 11.8 Å². The van der Waals surface area contributed by atoms with E-state index in [9.17, 15) is 14.4 Å². The molecule has 0 aliphatic carbocycles. The van der Waals surface area contributed by atoms with E-state index < -0.39 is 6.09 Å². The molecule has 0 aliphatic rings. The monoisotopic (exact) mass is 293 g/mol. The maximum Gasteiger partial charge on any atom is 0.406 e. The van der Waals surface area contributed by atoms with Gasteiger partial charge in [0.1, 0.15) is 0 Å². The summed E-state index contributed by atoms with van der Waals surface area (Å²) in [6.07, 6.45) is -0.550. The van der Waals surface area contributed by atoms with Crippen LogP contribution in [0.5, 0.6) is 0 Å². The molecule has 1 rings (SSSR count). The molecule has 21 heavy (non-hydrogen) atoms. The molecule has 3 amide bonds. The fraction of sp³-hybridized carbons (Fsp3) is 0.357. The van der Waals surface area contributed by atoms with Gasteiger partial charge in [0, 0.05) is 38.3 Å². The summed E-state index contributed by atoms with van der Waals surface area (Å²) >= 11 is 0. The molecule has 1 aromatic carbocycles. The molecular weight excluding hydrogens is 274 g/mol. The normalized spacial score (nSPS) is 9.67. The molecular formula is C14H19N3O4. The Morgan fingerprint density at radius 3 is 2.52 bits per heavy atom. The van der Waals surface area contributed by atoms with Crippen LogP contribution in [0.15, 0.2) is 24.3 Å². The molecule has 0 fully saturated rings. The zero-order chi connectivity index (χ0) is 15.8. The lowest BCUT2D eigenvalue weighted by Gasteiger charge is -2.22. The predicted octanol–water partition coefficient (Wildman–Crippen LogP) is 1.35. The van der Waals surface area contributed by atoms with Crippen molar-refractivity contribution < 1.29 is 19.1 Å². The molecule has 1 aromatic rings. The summed E-state index contributed by atoms with van der Waals surface area (Å²) in [5.74, 6) is -0.351. The van der Waals surface area contributed by atoms with E-state index in [4.69, 9.17) is 0 Å². The van der Waals surface area contributed by atoms with Crippen LogP contribution in [-0.4, -0.2) is 38.1 Å². The molecule has 7 nitrogen and oxygen atoms in total. The van der Waals surface area contributed by atoms with Crippen molar-refractivity contribution in [1.82, 2.24) is 5.32 Å². The van der Waals surface area contributed by atoms with Gasteiger partial charge in [-0.05, 0) is 18.2 Å². The summed E-state index contributed by atoms with van der Waals surface area (Å²) in [4.78, 5) is 35.3. The maximum absolute atomic E-state index is 11.7. The van der Waals surface area contributed by atoms with Crippen LogP contribution in [0.2, 0.25) is 0 Å². The molecule has 0 heterocycles. The van der Waals surface area contributed by atoms with Crippen molar-refractivity contribution in [2.24, 2.45) is 0 Å². The van der Waals surface area contributed by atoms with Crippen LogP contribution in [-0.2, 0) is 14.3 Å². The van der Waals surface area contributed by atoms with Gasteiger partial charge in [-0.3, -0.25) is 9.59 Å². The summed E-state index contributed by atoms with van der Waals surface area (Å²) in [5, 5.41) is 5.17. The van der Waals surface area contributed by atoms with Crippen molar-refractivity contribution in [3.63, 3.8) is 0 Å². The first-order chi connectivity index (χ1) is 9.93. The van der Waals surface area contributed by atoms with E-state index in [0.717, 1.165) is 0 Å². The van der Waals surface area contributed by atoms with Crippen LogP contribution in [0.25, 0.3) is 0 Å². The number of amides is 3. The van der Waals surface area contributed by atoms with Gasteiger partial charge < -0.3 is 20.3 Å². The number of nitrogens with zero attached hydrogens (tertiary/aromatic N) is 1.